The zero-order chi connectivity index (χ0) is 15.5. The number of sulfonamides is 1. The monoisotopic (exact) mass is 328 g/mol. The smallest absolute Gasteiger partial charge is 0.316 e. The highest BCUT2D eigenvalue weighted by molar-refractivity contribution is 8.15. The first-order valence-electron chi connectivity index (χ1n) is 6.38. The normalized spacial score (nSPS) is 15.9. The van der Waals surface area contributed by atoms with Crippen molar-refractivity contribution in [3.8, 4) is 0 Å². The number of carbonyl (C=O) groups excluding carboxylic acids is 1. The summed E-state index contributed by atoms with van der Waals surface area (Å²) in [5.41, 5.74) is 0.463. The van der Waals surface area contributed by atoms with Crippen LogP contribution in [0.2, 0.25) is 0 Å². The Morgan fingerprint density at radius 3 is 2.81 bits per heavy atom. The fourth-order valence-electron chi connectivity index (χ4n) is 1.58. The number of rotatable bonds is 4. The molecule has 0 amide bonds. The van der Waals surface area contributed by atoms with E-state index in [-0.39, 0.29) is 21.7 Å². The molecule has 0 atom stereocenters. The van der Waals surface area contributed by atoms with Gasteiger partial charge in [0.15, 0.2) is 5.17 Å². The molecule has 1 aliphatic rings. The quantitative estimate of drug-likeness (QED) is 0.852. The summed E-state index contributed by atoms with van der Waals surface area (Å²) >= 11 is 1.01. The lowest BCUT2D eigenvalue weighted by Gasteiger charge is -2.17. The van der Waals surface area contributed by atoms with E-state index in [2.05, 4.69) is 9.71 Å². The number of amidine groups is 1. The lowest BCUT2D eigenvalue weighted by Crippen LogP contribution is -2.21. The molecule has 8 heteroatoms. The van der Waals surface area contributed by atoms with Crippen LogP contribution in [-0.2, 0) is 19.6 Å². The molecule has 0 unspecified atom stereocenters. The Balaban J connectivity index is 2.00. The van der Waals surface area contributed by atoms with Crippen molar-refractivity contribution >= 4 is 38.6 Å². The van der Waals surface area contributed by atoms with Crippen LogP contribution in [0, 0.1) is 5.92 Å². The molecule has 6 nitrogen and oxygen atoms in total. The number of nitrogens with zero attached hydrogens (tertiary/aromatic N) is 1. The van der Waals surface area contributed by atoms with Gasteiger partial charge in [0, 0.05) is 0 Å². The number of para-hydroxylation sites is 1. The minimum Gasteiger partial charge on any atom is -0.465 e. The van der Waals surface area contributed by atoms with Crippen molar-refractivity contribution in [1.82, 2.24) is 0 Å². The standard InChI is InChI=1S/C13H16N2O4S2/c1-9(2)7-19-12(16)8-20-13-14-10-5-3-4-6-11(10)21(17,18)15-13/h3-6,9H,7-8H2,1-2H3,(H,14,15). The van der Waals surface area contributed by atoms with Crippen LogP contribution in [0.3, 0.4) is 0 Å². The molecule has 0 radical (unpaired) electrons. The van der Waals surface area contributed by atoms with Crippen LogP contribution in [0.1, 0.15) is 13.8 Å². The van der Waals surface area contributed by atoms with E-state index in [4.69, 9.17) is 4.74 Å². The fourth-order valence-corrected chi connectivity index (χ4v) is 3.62. The number of carbonyl (C=O) groups is 1. The van der Waals surface area contributed by atoms with E-state index >= 15 is 0 Å². The number of anilines is 1. The van der Waals surface area contributed by atoms with Crippen LogP contribution in [0.4, 0.5) is 5.69 Å². The molecule has 0 spiro atoms. The van der Waals surface area contributed by atoms with Crippen LogP contribution in [0.15, 0.2) is 33.6 Å². The molecule has 1 aromatic carbocycles. The van der Waals surface area contributed by atoms with Crippen LogP contribution < -0.4 is 5.32 Å². The molecular formula is C13H16N2O4S2. The van der Waals surface area contributed by atoms with Gasteiger partial charge in [-0.15, -0.1) is 4.40 Å². The first-order chi connectivity index (χ1) is 9.88. The van der Waals surface area contributed by atoms with Crippen molar-refractivity contribution in [1.29, 1.82) is 0 Å². The molecule has 0 aromatic heterocycles. The average molecular weight is 328 g/mol. The molecule has 0 bridgehead atoms. The van der Waals surface area contributed by atoms with Gasteiger partial charge in [-0.1, -0.05) is 37.7 Å². The van der Waals surface area contributed by atoms with Gasteiger partial charge in [-0.2, -0.15) is 8.42 Å². The number of ether oxygens (including phenoxy) is 1. The van der Waals surface area contributed by atoms with E-state index < -0.39 is 16.0 Å². The van der Waals surface area contributed by atoms with Gasteiger partial charge in [0.2, 0.25) is 0 Å². The van der Waals surface area contributed by atoms with E-state index in [0.717, 1.165) is 11.8 Å². The number of hydrogen-bond donors (Lipinski definition) is 1. The Morgan fingerprint density at radius 1 is 1.38 bits per heavy atom. The third-order valence-corrected chi connectivity index (χ3v) is 4.81. The zero-order valence-electron chi connectivity index (χ0n) is 11.7. The van der Waals surface area contributed by atoms with Gasteiger partial charge in [-0.05, 0) is 18.1 Å². The van der Waals surface area contributed by atoms with Gasteiger partial charge in [0.05, 0.1) is 18.0 Å². The maximum atomic E-state index is 12.0. The van der Waals surface area contributed by atoms with Crippen molar-refractivity contribution < 1.29 is 17.9 Å². The molecule has 0 fully saturated rings. The predicted octanol–water partition coefficient (Wildman–Crippen LogP) is 2.09. The molecule has 21 heavy (non-hydrogen) atoms. The van der Waals surface area contributed by atoms with Gasteiger partial charge in [0.1, 0.15) is 4.90 Å². The molecule has 2 rings (SSSR count). The largest absolute Gasteiger partial charge is 0.465 e. The van der Waals surface area contributed by atoms with Crippen LogP contribution in [0.5, 0.6) is 0 Å². The predicted molar refractivity (Wildman–Crippen MR) is 82.9 cm³/mol. The maximum Gasteiger partial charge on any atom is 0.316 e. The Morgan fingerprint density at radius 2 is 2.10 bits per heavy atom. The molecule has 1 heterocycles. The highest BCUT2D eigenvalue weighted by atomic mass is 32.2. The summed E-state index contributed by atoms with van der Waals surface area (Å²) in [6.45, 7) is 4.23. The lowest BCUT2D eigenvalue weighted by atomic mass is 10.2. The second kappa shape index (κ2) is 6.48. The molecule has 0 aliphatic carbocycles. The van der Waals surface area contributed by atoms with Crippen LogP contribution in [-0.4, -0.2) is 31.9 Å². The molecule has 0 saturated heterocycles. The summed E-state index contributed by atoms with van der Waals surface area (Å²) in [5, 5.41) is 3.07. The zero-order valence-corrected chi connectivity index (χ0v) is 13.3. The topological polar surface area (TPSA) is 84.8 Å². The summed E-state index contributed by atoms with van der Waals surface area (Å²) < 4.78 is 32.7. The number of nitrogens with one attached hydrogen (secondary N) is 1. The second-order valence-corrected chi connectivity index (χ2v) is 7.39. The van der Waals surface area contributed by atoms with Crippen molar-refractivity contribution in [2.45, 2.75) is 18.7 Å². The minimum absolute atomic E-state index is 0.0102. The van der Waals surface area contributed by atoms with E-state index in [1.807, 2.05) is 13.8 Å². The number of thioether (sulfide) groups is 1. The average Bonchev–Trinajstić information content (AvgIpc) is 2.42. The SMILES string of the molecule is CC(C)COC(=O)CSC1=NS(=O)(=O)c2ccccc2N1. The Bertz CT molecular complexity index is 669. The Labute approximate surface area is 128 Å². The molecule has 0 saturated carbocycles. The van der Waals surface area contributed by atoms with Crippen LogP contribution in [0.25, 0.3) is 0 Å². The van der Waals surface area contributed by atoms with Gasteiger partial charge >= 0.3 is 5.97 Å². The highest BCUT2D eigenvalue weighted by Crippen LogP contribution is 2.28. The van der Waals surface area contributed by atoms with Crippen LogP contribution >= 0.6 is 11.8 Å². The number of esters is 1. The lowest BCUT2D eigenvalue weighted by molar-refractivity contribution is -0.141. The number of benzene rings is 1. The van der Waals surface area contributed by atoms with Gasteiger partial charge in [-0.3, -0.25) is 4.79 Å². The van der Waals surface area contributed by atoms with Gasteiger partial charge in [-0.25, -0.2) is 0 Å². The first-order valence-corrected chi connectivity index (χ1v) is 8.80. The van der Waals surface area contributed by atoms with Crippen molar-refractivity contribution in [3.63, 3.8) is 0 Å². The van der Waals surface area contributed by atoms with Crippen molar-refractivity contribution in [3.05, 3.63) is 24.3 Å². The molecule has 114 valence electrons. The third kappa shape index (κ3) is 4.21. The first kappa shape index (κ1) is 15.8. The highest BCUT2D eigenvalue weighted by Gasteiger charge is 2.24. The molecule has 1 aromatic rings. The number of fused-ring (bicyclic) bond motifs is 1. The van der Waals surface area contributed by atoms with Gasteiger partial charge < -0.3 is 10.1 Å². The van der Waals surface area contributed by atoms with E-state index in [0.29, 0.717) is 12.3 Å². The van der Waals surface area contributed by atoms with Crippen molar-refractivity contribution in [2.24, 2.45) is 10.3 Å². The minimum atomic E-state index is -3.71. The Kier molecular flexibility index (Phi) is 4.89. The molecule has 1 N–H and O–H groups in total. The maximum absolute atomic E-state index is 12.0. The van der Waals surface area contributed by atoms with Gasteiger partial charge in [0.25, 0.3) is 10.0 Å². The summed E-state index contributed by atoms with van der Waals surface area (Å²) in [7, 11) is -3.71. The van der Waals surface area contributed by atoms with Crippen molar-refractivity contribution in [2.75, 3.05) is 17.7 Å². The Hall–Kier alpha value is -1.54. The van der Waals surface area contributed by atoms with E-state index in [9.17, 15) is 13.2 Å². The number of hydrogen-bond acceptors (Lipinski definition) is 6. The fraction of sp³-hybridized carbons (Fsp3) is 0.385. The third-order valence-electron chi connectivity index (χ3n) is 2.51. The summed E-state index contributed by atoms with van der Waals surface area (Å²) in [6.07, 6.45) is 0. The molecule has 1 aliphatic heterocycles. The second-order valence-electron chi connectivity index (χ2n) is 4.86. The summed E-state index contributed by atoms with van der Waals surface area (Å²) in [6, 6.07) is 6.50. The summed E-state index contributed by atoms with van der Waals surface area (Å²) in [4.78, 5) is 11.7. The molecular weight excluding hydrogens is 312 g/mol. The summed E-state index contributed by atoms with van der Waals surface area (Å²) in [5.74, 6) is -0.123. The van der Waals surface area contributed by atoms with E-state index in [1.165, 1.54) is 6.07 Å². The van der Waals surface area contributed by atoms with E-state index in [1.54, 1.807) is 18.2 Å².